The smallest absolute Gasteiger partial charge is 0.173 e. The van der Waals surface area contributed by atoms with Crippen LogP contribution in [-0.2, 0) is 4.74 Å². The summed E-state index contributed by atoms with van der Waals surface area (Å²) in [5.41, 5.74) is 2.11. The number of nitrogens with one attached hydrogen (secondary N) is 1. The SMILES string of the molecule is Cc1cc(NC(=S)N(CCC#N)CC2CCCO2)ccc1Br. The standard InChI is InChI=1S/C16H20BrN3OS/c1-12-10-13(5-6-15(12)17)19-16(22)20(8-3-7-18)11-14-4-2-9-21-14/h5-6,10,14H,2-4,8-9,11H2,1H3,(H,19,22). The van der Waals surface area contributed by atoms with Gasteiger partial charge < -0.3 is 15.0 Å². The molecule has 1 heterocycles. The number of rotatable bonds is 5. The van der Waals surface area contributed by atoms with Gasteiger partial charge in [0.25, 0.3) is 0 Å². The second kappa shape index (κ2) is 8.47. The van der Waals surface area contributed by atoms with Gasteiger partial charge in [0.05, 0.1) is 18.6 Å². The van der Waals surface area contributed by atoms with Crippen LogP contribution < -0.4 is 5.32 Å². The average Bonchev–Trinajstić information content (AvgIpc) is 3.00. The summed E-state index contributed by atoms with van der Waals surface area (Å²) in [6.07, 6.45) is 2.82. The van der Waals surface area contributed by atoms with E-state index in [1.54, 1.807) is 0 Å². The summed E-state index contributed by atoms with van der Waals surface area (Å²) >= 11 is 9.01. The van der Waals surface area contributed by atoms with E-state index in [0.717, 1.165) is 41.7 Å². The zero-order valence-electron chi connectivity index (χ0n) is 12.6. The fraction of sp³-hybridized carbons (Fsp3) is 0.500. The molecule has 0 spiro atoms. The minimum atomic E-state index is 0.213. The third-order valence-electron chi connectivity index (χ3n) is 3.64. The zero-order chi connectivity index (χ0) is 15.9. The van der Waals surface area contributed by atoms with Gasteiger partial charge >= 0.3 is 0 Å². The van der Waals surface area contributed by atoms with Crippen molar-refractivity contribution < 1.29 is 4.74 Å². The van der Waals surface area contributed by atoms with Gasteiger partial charge in [0.1, 0.15) is 0 Å². The van der Waals surface area contributed by atoms with Crippen LogP contribution in [0.15, 0.2) is 22.7 Å². The Hall–Kier alpha value is -1.16. The number of hydrogen-bond donors (Lipinski definition) is 1. The first-order valence-electron chi connectivity index (χ1n) is 7.41. The molecule has 22 heavy (non-hydrogen) atoms. The van der Waals surface area contributed by atoms with Crippen LogP contribution in [0.3, 0.4) is 0 Å². The predicted octanol–water partition coefficient (Wildman–Crippen LogP) is 3.85. The van der Waals surface area contributed by atoms with E-state index in [-0.39, 0.29) is 6.10 Å². The monoisotopic (exact) mass is 381 g/mol. The number of ether oxygens (including phenoxy) is 1. The molecule has 1 aliphatic heterocycles. The van der Waals surface area contributed by atoms with Crippen molar-refractivity contribution in [3.8, 4) is 6.07 Å². The molecule has 1 aliphatic rings. The van der Waals surface area contributed by atoms with Crippen LogP contribution in [0.2, 0.25) is 0 Å². The Morgan fingerprint density at radius 1 is 1.59 bits per heavy atom. The Balaban J connectivity index is 2.00. The van der Waals surface area contributed by atoms with Crippen LogP contribution in [0.25, 0.3) is 0 Å². The van der Waals surface area contributed by atoms with Crippen LogP contribution in [0.5, 0.6) is 0 Å². The molecular formula is C16H20BrN3OS. The summed E-state index contributed by atoms with van der Waals surface area (Å²) in [5, 5.41) is 12.7. The van der Waals surface area contributed by atoms with Gasteiger partial charge in [0, 0.05) is 29.9 Å². The molecule has 0 saturated carbocycles. The fourth-order valence-electron chi connectivity index (χ4n) is 2.42. The molecule has 1 atom stereocenters. The van der Waals surface area contributed by atoms with Crippen molar-refractivity contribution >= 4 is 38.9 Å². The first-order chi connectivity index (χ1) is 10.6. The molecule has 1 saturated heterocycles. The van der Waals surface area contributed by atoms with E-state index in [0.29, 0.717) is 18.1 Å². The number of anilines is 1. The largest absolute Gasteiger partial charge is 0.376 e. The van der Waals surface area contributed by atoms with Gasteiger partial charge in [0.2, 0.25) is 0 Å². The van der Waals surface area contributed by atoms with E-state index in [1.165, 1.54) is 0 Å². The molecule has 6 heteroatoms. The van der Waals surface area contributed by atoms with E-state index in [2.05, 4.69) is 27.3 Å². The molecule has 1 fully saturated rings. The van der Waals surface area contributed by atoms with Crippen LogP contribution in [0.4, 0.5) is 5.69 Å². The molecule has 1 aromatic carbocycles. The Labute approximate surface area is 145 Å². The molecule has 0 radical (unpaired) electrons. The number of nitriles is 1. The van der Waals surface area contributed by atoms with Crippen LogP contribution in [0.1, 0.15) is 24.8 Å². The fourth-order valence-corrected chi connectivity index (χ4v) is 2.95. The first kappa shape index (κ1) is 17.2. The van der Waals surface area contributed by atoms with Crippen molar-refractivity contribution in [3.63, 3.8) is 0 Å². The topological polar surface area (TPSA) is 48.3 Å². The second-order valence-electron chi connectivity index (χ2n) is 5.38. The lowest BCUT2D eigenvalue weighted by Crippen LogP contribution is -2.40. The summed E-state index contributed by atoms with van der Waals surface area (Å²) < 4.78 is 6.75. The second-order valence-corrected chi connectivity index (χ2v) is 6.62. The summed E-state index contributed by atoms with van der Waals surface area (Å²) in [6.45, 7) is 4.22. The Kier molecular flexibility index (Phi) is 6.62. The van der Waals surface area contributed by atoms with Gasteiger partial charge in [-0.05, 0) is 55.7 Å². The molecule has 1 aromatic rings. The lowest BCUT2D eigenvalue weighted by Gasteiger charge is -2.27. The van der Waals surface area contributed by atoms with Crippen LogP contribution in [0, 0.1) is 18.3 Å². The molecule has 1 unspecified atom stereocenters. The normalized spacial score (nSPS) is 17.0. The number of aryl methyl sites for hydroxylation is 1. The molecule has 0 aromatic heterocycles. The summed E-state index contributed by atoms with van der Waals surface area (Å²) in [6, 6.07) is 8.21. The predicted molar refractivity (Wildman–Crippen MR) is 95.9 cm³/mol. The molecular weight excluding hydrogens is 362 g/mol. The van der Waals surface area contributed by atoms with Gasteiger partial charge in [0.15, 0.2) is 5.11 Å². The number of thiocarbonyl (C=S) groups is 1. The van der Waals surface area contributed by atoms with Gasteiger partial charge in [-0.15, -0.1) is 0 Å². The molecule has 0 bridgehead atoms. The number of nitrogens with zero attached hydrogens (tertiary/aromatic N) is 2. The minimum Gasteiger partial charge on any atom is -0.376 e. The van der Waals surface area contributed by atoms with Crippen molar-refractivity contribution in [1.82, 2.24) is 4.90 Å². The average molecular weight is 382 g/mol. The molecule has 118 valence electrons. The third kappa shape index (κ3) is 4.94. The molecule has 0 amide bonds. The highest BCUT2D eigenvalue weighted by atomic mass is 79.9. The number of hydrogen-bond acceptors (Lipinski definition) is 3. The van der Waals surface area contributed by atoms with Gasteiger partial charge in [-0.1, -0.05) is 15.9 Å². The van der Waals surface area contributed by atoms with Gasteiger partial charge in [-0.25, -0.2) is 0 Å². The van der Waals surface area contributed by atoms with Gasteiger partial charge in [-0.3, -0.25) is 0 Å². The Morgan fingerprint density at radius 3 is 3.05 bits per heavy atom. The summed E-state index contributed by atoms with van der Waals surface area (Å²) in [5.74, 6) is 0. The summed E-state index contributed by atoms with van der Waals surface area (Å²) in [4.78, 5) is 2.03. The first-order valence-corrected chi connectivity index (χ1v) is 8.61. The van der Waals surface area contributed by atoms with Crippen molar-refractivity contribution in [2.45, 2.75) is 32.3 Å². The quantitative estimate of drug-likeness (QED) is 0.784. The van der Waals surface area contributed by atoms with Gasteiger partial charge in [-0.2, -0.15) is 5.26 Å². The molecule has 4 nitrogen and oxygen atoms in total. The lowest BCUT2D eigenvalue weighted by molar-refractivity contribution is 0.0922. The van der Waals surface area contributed by atoms with E-state index in [4.69, 9.17) is 22.2 Å². The van der Waals surface area contributed by atoms with E-state index in [1.807, 2.05) is 30.0 Å². The minimum absolute atomic E-state index is 0.213. The number of benzene rings is 1. The number of halogens is 1. The highest BCUT2D eigenvalue weighted by Gasteiger charge is 2.20. The molecule has 2 rings (SSSR count). The Bertz CT molecular complexity index is 567. The maximum atomic E-state index is 8.84. The van der Waals surface area contributed by atoms with E-state index in [9.17, 15) is 0 Å². The maximum absolute atomic E-state index is 8.84. The van der Waals surface area contributed by atoms with E-state index >= 15 is 0 Å². The van der Waals surface area contributed by atoms with E-state index < -0.39 is 0 Å². The summed E-state index contributed by atoms with van der Waals surface area (Å²) in [7, 11) is 0. The highest BCUT2D eigenvalue weighted by Crippen LogP contribution is 2.21. The third-order valence-corrected chi connectivity index (χ3v) is 4.89. The van der Waals surface area contributed by atoms with Crippen LogP contribution in [-0.4, -0.2) is 35.8 Å². The van der Waals surface area contributed by atoms with Crippen LogP contribution >= 0.6 is 28.1 Å². The zero-order valence-corrected chi connectivity index (χ0v) is 15.0. The lowest BCUT2D eigenvalue weighted by atomic mass is 10.2. The highest BCUT2D eigenvalue weighted by molar-refractivity contribution is 9.10. The van der Waals surface area contributed by atoms with Crippen molar-refractivity contribution in [1.29, 1.82) is 5.26 Å². The molecule has 1 N–H and O–H groups in total. The molecule has 0 aliphatic carbocycles. The Morgan fingerprint density at radius 2 is 2.41 bits per heavy atom. The van der Waals surface area contributed by atoms with Crippen molar-refractivity contribution in [2.24, 2.45) is 0 Å². The maximum Gasteiger partial charge on any atom is 0.173 e. The van der Waals surface area contributed by atoms with Crippen molar-refractivity contribution in [2.75, 3.05) is 25.0 Å². The van der Waals surface area contributed by atoms with Crippen molar-refractivity contribution in [3.05, 3.63) is 28.2 Å².